The molecule has 0 bridgehead atoms. The number of hydrogen-bond donors (Lipinski definition) is 1. The first kappa shape index (κ1) is 11.1. The van der Waals surface area contributed by atoms with Gasteiger partial charge in [-0.15, -0.1) is 0 Å². The van der Waals surface area contributed by atoms with Crippen molar-refractivity contribution < 1.29 is 9.90 Å². The third kappa shape index (κ3) is 3.07. The van der Waals surface area contributed by atoms with Crippen molar-refractivity contribution in [3.8, 4) is 0 Å². The molecule has 1 unspecified atom stereocenters. The number of hydrogen-bond acceptors (Lipinski definition) is 2. The lowest BCUT2D eigenvalue weighted by Gasteiger charge is -2.07. The molecule has 1 aromatic carbocycles. The van der Waals surface area contributed by atoms with Gasteiger partial charge in [0.2, 0.25) is 0 Å². The molecule has 0 saturated carbocycles. The number of benzene rings is 1. The molecule has 0 heterocycles. The highest BCUT2D eigenvalue weighted by molar-refractivity contribution is 7.99. The van der Waals surface area contributed by atoms with Crippen molar-refractivity contribution in [2.24, 2.45) is 0 Å². The summed E-state index contributed by atoms with van der Waals surface area (Å²) in [5.74, 6) is -0.866. The molecule has 3 heteroatoms. The minimum Gasteiger partial charge on any atom is -0.478 e. The second kappa shape index (κ2) is 5.05. The van der Waals surface area contributed by atoms with Crippen LogP contribution < -0.4 is 0 Å². The summed E-state index contributed by atoms with van der Waals surface area (Å²) in [6.07, 6.45) is 3.07. The van der Waals surface area contributed by atoms with Crippen LogP contribution in [-0.2, 0) is 6.42 Å². The van der Waals surface area contributed by atoms with E-state index in [2.05, 4.69) is 13.2 Å². The quantitative estimate of drug-likeness (QED) is 0.830. The van der Waals surface area contributed by atoms with Crippen LogP contribution in [0.4, 0.5) is 0 Å². The smallest absolute Gasteiger partial charge is 0.335 e. The van der Waals surface area contributed by atoms with E-state index in [0.717, 1.165) is 6.42 Å². The van der Waals surface area contributed by atoms with E-state index in [1.165, 1.54) is 5.56 Å². The first-order valence-electron chi connectivity index (χ1n) is 4.48. The summed E-state index contributed by atoms with van der Waals surface area (Å²) in [7, 11) is 0. The SMILES string of the molecule is CSC(C)Cc1ccc(C(=O)O)cc1. The van der Waals surface area contributed by atoms with Crippen LogP contribution in [0.25, 0.3) is 0 Å². The number of carbonyl (C=O) groups is 1. The Hall–Kier alpha value is -0.960. The van der Waals surface area contributed by atoms with Crippen LogP contribution >= 0.6 is 11.8 Å². The molecular weight excluding hydrogens is 196 g/mol. The van der Waals surface area contributed by atoms with Crippen molar-refractivity contribution in [1.82, 2.24) is 0 Å². The Labute approximate surface area is 88.3 Å². The lowest BCUT2D eigenvalue weighted by molar-refractivity contribution is 0.0697. The Balaban J connectivity index is 2.68. The summed E-state index contributed by atoms with van der Waals surface area (Å²) in [5, 5.41) is 9.27. The molecule has 0 aliphatic heterocycles. The summed E-state index contributed by atoms with van der Waals surface area (Å²) in [6.45, 7) is 2.16. The van der Waals surface area contributed by atoms with Gasteiger partial charge in [-0.25, -0.2) is 4.79 Å². The van der Waals surface area contributed by atoms with Crippen LogP contribution in [0.2, 0.25) is 0 Å². The first-order valence-corrected chi connectivity index (χ1v) is 5.77. The van der Waals surface area contributed by atoms with E-state index in [-0.39, 0.29) is 0 Å². The molecule has 2 nitrogen and oxygen atoms in total. The average molecular weight is 210 g/mol. The summed E-state index contributed by atoms with van der Waals surface area (Å²) < 4.78 is 0. The first-order chi connectivity index (χ1) is 6.63. The molecular formula is C11H14O2S. The van der Waals surface area contributed by atoms with E-state index in [4.69, 9.17) is 5.11 Å². The van der Waals surface area contributed by atoms with Gasteiger partial charge in [-0.1, -0.05) is 19.1 Å². The molecule has 0 radical (unpaired) electrons. The lowest BCUT2D eigenvalue weighted by Crippen LogP contribution is -2.01. The summed E-state index contributed by atoms with van der Waals surface area (Å²) in [4.78, 5) is 10.6. The van der Waals surface area contributed by atoms with Gasteiger partial charge in [-0.05, 0) is 30.4 Å². The van der Waals surface area contributed by atoms with E-state index < -0.39 is 5.97 Å². The van der Waals surface area contributed by atoms with Crippen LogP contribution in [0.5, 0.6) is 0 Å². The molecule has 1 atom stereocenters. The van der Waals surface area contributed by atoms with Crippen LogP contribution in [0.1, 0.15) is 22.8 Å². The van der Waals surface area contributed by atoms with Gasteiger partial charge in [-0.2, -0.15) is 11.8 Å². The van der Waals surface area contributed by atoms with Gasteiger partial charge in [0, 0.05) is 5.25 Å². The third-order valence-electron chi connectivity index (χ3n) is 2.13. The van der Waals surface area contributed by atoms with E-state index in [1.54, 1.807) is 12.1 Å². The van der Waals surface area contributed by atoms with Gasteiger partial charge in [0.05, 0.1) is 5.56 Å². The maximum atomic E-state index is 10.6. The zero-order valence-corrected chi connectivity index (χ0v) is 9.17. The zero-order valence-electron chi connectivity index (χ0n) is 8.36. The minimum atomic E-state index is -0.866. The van der Waals surface area contributed by atoms with Gasteiger partial charge >= 0.3 is 5.97 Å². The van der Waals surface area contributed by atoms with Crippen LogP contribution in [0, 0.1) is 0 Å². The Morgan fingerprint density at radius 1 is 1.43 bits per heavy atom. The summed E-state index contributed by atoms with van der Waals surface area (Å²) >= 11 is 1.81. The fourth-order valence-electron chi connectivity index (χ4n) is 1.20. The molecule has 14 heavy (non-hydrogen) atoms. The minimum absolute atomic E-state index is 0.352. The number of carboxylic acid groups (broad SMARTS) is 1. The number of thioether (sulfide) groups is 1. The molecule has 0 aliphatic carbocycles. The van der Waals surface area contributed by atoms with Crippen LogP contribution in [0.15, 0.2) is 24.3 Å². The topological polar surface area (TPSA) is 37.3 Å². The van der Waals surface area contributed by atoms with Gasteiger partial charge in [0.1, 0.15) is 0 Å². The fraction of sp³-hybridized carbons (Fsp3) is 0.364. The van der Waals surface area contributed by atoms with E-state index >= 15 is 0 Å². The average Bonchev–Trinajstić information content (AvgIpc) is 2.18. The van der Waals surface area contributed by atoms with Crippen molar-refractivity contribution >= 4 is 17.7 Å². The molecule has 0 aromatic heterocycles. The highest BCUT2D eigenvalue weighted by atomic mass is 32.2. The van der Waals surface area contributed by atoms with E-state index in [0.29, 0.717) is 10.8 Å². The van der Waals surface area contributed by atoms with E-state index in [1.807, 2.05) is 23.9 Å². The standard InChI is InChI=1S/C11H14O2S/c1-8(14-2)7-9-3-5-10(6-4-9)11(12)13/h3-6,8H,7H2,1-2H3,(H,12,13). The van der Waals surface area contributed by atoms with Crippen molar-refractivity contribution in [3.05, 3.63) is 35.4 Å². The summed E-state index contributed by atoms with van der Waals surface area (Å²) in [6, 6.07) is 7.09. The number of rotatable bonds is 4. The molecule has 0 aliphatic rings. The number of carboxylic acids is 1. The molecule has 76 valence electrons. The molecule has 1 aromatic rings. The Morgan fingerprint density at radius 3 is 2.43 bits per heavy atom. The van der Waals surface area contributed by atoms with Crippen molar-refractivity contribution in [2.45, 2.75) is 18.6 Å². The summed E-state index contributed by atoms with van der Waals surface area (Å²) in [5.41, 5.74) is 1.54. The lowest BCUT2D eigenvalue weighted by atomic mass is 10.1. The van der Waals surface area contributed by atoms with Crippen molar-refractivity contribution in [2.75, 3.05) is 6.26 Å². The highest BCUT2D eigenvalue weighted by Crippen LogP contribution is 2.13. The van der Waals surface area contributed by atoms with Crippen molar-refractivity contribution in [3.63, 3.8) is 0 Å². The zero-order chi connectivity index (χ0) is 10.6. The third-order valence-corrected chi connectivity index (χ3v) is 3.10. The molecule has 0 saturated heterocycles. The predicted octanol–water partition coefficient (Wildman–Crippen LogP) is 2.68. The monoisotopic (exact) mass is 210 g/mol. The number of aromatic carboxylic acids is 1. The molecule has 0 amide bonds. The second-order valence-corrected chi connectivity index (χ2v) is 4.53. The maximum Gasteiger partial charge on any atom is 0.335 e. The van der Waals surface area contributed by atoms with Gasteiger partial charge in [0.15, 0.2) is 0 Å². The Bertz CT molecular complexity index is 306. The van der Waals surface area contributed by atoms with Crippen molar-refractivity contribution in [1.29, 1.82) is 0 Å². The Morgan fingerprint density at radius 2 is 2.00 bits per heavy atom. The maximum absolute atomic E-state index is 10.6. The molecule has 0 fully saturated rings. The second-order valence-electron chi connectivity index (χ2n) is 3.25. The van der Waals surface area contributed by atoms with Gasteiger partial charge < -0.3 is 5.11 Å². The Kier molecular flexibility index (Phi) is 4.01. The predicted molar refractivity (Wildman–Crippen MR) is 60.1 cm³/mol. The van der Waals surface area contributed by atoms with Gasteiger partial charge in [0.25, 0.3) is 0 Å². The van der Waals surface area contributed by atoms with Crippen LogP contribution in [-0.4, -0.2) is 22.6 Å². The van der Waals surface area contributed by atoms with Crippen LogP contribution in [0.3, 0.4) is 0 Å². The molecule has 1 rings (SSSR count). The fourth-order valence-corrected chi connectivity index (χ4v) is 1.56. The van der Waals surface area contributed by atoms with E-state index in [9.17, 15) is 4.79 Å². The molecule has 0 spiro atoms. The van der Waals surface area contributed by atoms with Gasteiger partial charge in [-0.3, -0.25) is 0 Å². The largest absolute Gasteiger partial charge is 0.478 e. The highest BCUT2D eigenvalue weighted by Gasteiger charge is 2.04. The normalized spacial score (nSPS) is 12.4. The molecule has 1 N–H and O–H groups in total.